The van der Waals surface area contributed by atoms with E-state index in [0.29, 0.717) is 37.8 Å². The summed E-state index contributed by atoms with van der Waals surface area (Å²) in [6, 6.07) is 5.49. The highest BCUT2D eigenvalue weighted by Crippen LogP contribution is 2.42. The number of thioether (sulfide) groups is 1. The first-order chi connectivity index (χ1) is 14.0. The third kappa shape index (κ3) is 3.54. The number of ether oxygens (including phenoxy) is 3. The van der Waals surface area contributed by atoms with Crippen molar-refractivity contribution in [3.8, 4) is 28.4 Å². The second kappa shape index (κ2) is 7.76. The zero-order valence-electron chi connectivity index (χ0n) is 15.8. The molecule has 1 N–H and O–H groups in total. The van der Waals surface area contributed by atoms with Crippen LogP contribution >= 0.6 is 24.0 Å². The van der Waals surface area contributed by atoms with Crippen molar-refractivity contribution in [2.24, 2.45) is 0 Å². The van der Waals surface area contributed by atoms with Gasteiger partial charge in [-0.1, -0.05) is 24.0 Å². The lowest BCUT2D eigenvalue weighted by Crippen LogP contribution is -2.17. The summed E-state index contributed by atoms with van der Waals surface area (Å²) >= 11 is 6.22. The highest BCUT2D eigenvalue weighted by Gasteiger charge is 2.23. The second-order valence-corrected chi connectivity index (χ2v) is 7.74. The van der Waals surface area contributed by atoms with Crippen LogP contribution in [0.2, 0.25) is 0 Å². The van der Waals surface area contributed by atoms with Gasteiger partial charge in [-0.3, -0.25) is 9.78 Å². The van der Waals surface area contributed by atoms with E-state index in [-0.39, 0.29) is 5.91 Å². The smallest absolute Gasteiger partial charge is 0.263 e. The van der Waals surface area contributed by atoms with Gasteiger partial charge in [0.2, 0.25) is 5.75 Å². The van der Waals surface area contributed by atoms with Crippen LogP contribution in [0.3, 0.4) is 0 Å². The normalized spacial score (nSPS) is 15.1. The number of aromatic nitrogens is 1. The standard InChI is InChI=1S/C20H16N2O5S2/c1-24-14-5-10(6-15(25-2)18(14)26-3)13-9-21-8-11-4-12(27-17(11)13)7-16-19(23)22-20(28)29-16/h4-9H,1-3H3,(H,22,23,28). The van der Waals surface area contributed by atoms with E-state index in [9.17, 15) is 4.79 Å². The number of fused-ring (bicyclic) bond motifs is 1. The van der Waals surface area contributed by atoms with Crippen LogP contribution in [0, 0.1) is 0 Å². The maximum absolute atomic E-state index is 11.9. The van der Waals surface area contributed by atoms with Crippen molar-refractivity contribution in [1.29, 1.82) is 0 Å². The van der Waals surface area contributed by atoms with Gasteiger partial charge < -0.3 is 23.9 Å². The molecule has 4 rings (SSSR count). The predicted molar refractivity (Wildman–Crippen MR) is 115 cm³/mol. The minimum Gasteiger partial charge on any atom is -0.493 e. The molecule has 3 aromatic rings. The first-order valence-electron chi connectivity index (χ1n) is 8.47. The van der Waals surface area contributed by atoms with Crippen LogP contribution in [0.1, 0.15) is 5.76 Å². The molecule has 0 unspecified atom stereocenters. The lowest BCUT2D eigenvalue weighted by atomic mass is 10.0. The summed E-state index contributed by atoms with van der Waals surface area (Å²) in [6.07, 6.45) is 5.07. The first kappa shape index (κ1) is 19.3. The molecule has 1 aliphatic rings. The minimum atomic E-state index is -0.233. The van der Waals surface area contributed by atoms with E-state index in [1.807, 2.05) is 18.2 Å². The Labute approximate surface area is 176 Å². The molecule has 0 spiro atoms. The molecule has 0 atom stereocenters. The number of nitrogens with zero attached hydrogens (tertiary/aromatic N) is 1. The van der Waals surface area contributed by atoms with Gasteiger partial charge in [0.05, 0.1) is 26.2 Å². The molecule has 7 nitrogen and oxygen atoms in total. The fourth-order valence-corrected chi connectivity index (χ4v) is 4.07. The number of pyridine rings is 1. The molecule has 0 saturated carbocycles. The van der Waals surface area contributed by atoms with Crippen molar-refractivity contribution in [1.82, 2.24) is 10.3 Å². The largest absolute Gasteiger partial charge is 0.493 e. The monoisotopic (exact) mass is 428 g/mol. The van der Waals surface area contributed by atoms with E-state index in [0.717, 1.165) is 16.5 Å². The number of methoxy groups -OCH3 is 3. The Kier molecular flexibility index (Phi) is 5.16. The number of benzene rings is 1. The average molecular weight is 428 g/mol. The molecule has 1 fully saturated rings. The van der Waals surface area contributed by atoms with Gasteiger partial charge in [0.15, 0.2) is 11.5 Å². The molecule has 29 heavy (non-hydrogen) atoms. The summed E-state index contributed by atoms with van der Waals surface area (Å²) in [5.74, 6) is 1.86. The maximum Gasteiger partial charge on any atom is 0.263 e. The first-order valence-corrected chi connectivity index (χ1v) is 9.69. The van der Waals surface area contributed by atoms with Gasteiger partial charge in [-0.2, -0.15) is 0 Å². The summed E-state index contributed by atoms with van der Waals surface area (Å²) in [6.45, 7) is 0. The Morgan fingerprint density at radius 3 is 2.41 bits per heavy atom. The van der Waals surface area contributed by atoms with Crippen molar-refractivity contribution in [3.05, 3.63) is 41.3 Å². The van der Waals surface area contributed by atoms with Gasteiger partial charge in [0.25, 0.3) is 5.91 Å². The molecule has 1 aliphatic heterocycles. The topological polar surface area (TPSA) is 82.8 Å². The molecular weight excluding hydrogens is 412 g/mol. The third-order valence-corrected chi connectivity index (χ3v) is 5.50. The van der Waals surface area contributed by atoms with E-state index in [2.05, 4.69) is 10.3 Å². The number of rotatable bonds is 5. The zero-order chi connectivity index (χ0) is 20.5. The summed E-state index contributed by atoms with van der Waals surface area (Å²) in [7, 11) is 4.68. The van der Waals surface area contributed by atoms with Crippen LogP contribution in [0.15, 0.2) is 39.9 Å². The summed E-state index contributed by atoms with van der Waals surface area (Å²) in [5.41, 5.74) is 2.18. The molecule has 1 saturated heterocycles. The van der Waals surface area contributed by atoms with E-state index in [4.69, 9.17) is 30.8 Å². The van der Waals surface area contributed by atoms with Crippen molar-refractivity contribution in [3.63, 3.8) is 0 Å². The summed E-state index contributed by atoms with van der Waals surface area (Å²) in [5, 5.41) is 3.39. The van der Waals surface area contributed by atoms with Crippen LogP contribution < -0.4 is 19.5 Å². The van der Waals surface area contributed by atoms with Crippen LogP contribution in [-0.2, 0) is 4.79 Å². The van der Waals surface area contributed by atoms with E-state index >= 15 is 0 Å². The van der Waals surface area contributed by atoms with Gasteiger partial charge in [0, 0.05) is 29.4 Å². The van der Waals surface area contributed by atoms with Crippen molar-refractivity contribution in [2.45, 2.75) is 0 Å². The molecule has 148 valence electrons. The van der Waals surface area contributed by atoms with Gasteiger partial charge >= 0.3 is 0 Å². The third-order valence-electron chi connectivity index (χ3n) is 4.33. The molecule has 9 heteroatoms. The van der Waals surface area contributed by atoms with Gasteiger partial charge in [-0.15, -0.1) is 0 Å². The SMILES string of the molecule is COc1cc(-c2cncc3cc(C=C4SC(=S)NC4=O)oc23)cc(OC)c1OC. The fourth-order valence-electron chi connectivity index (χ4n) is 3.05. The number of furan rings is 1. The fraction of sp³-hybridized carbons (Fsp3) is 0.150. The number of carbonyl (C=O) groups is 1. The lowest BCUT2D eigenvalue weighted by Gasteiger charge is -2.14. The Morgan fingerprint density at radius 1 is 1.10 bits per heavy atom. The Hall–Kier alpha value is -3.04. The number of thiocarbonyl (C=S) groups is 1. The quantitative estimate of drug-likeness (QED) is 0.482. The van der Waals surface area contributed by atoms with E-state index < -0.39 is 0 Å². The Balaban J connectivity index is 1.84. The molecule has 2 aromatic heterocycles. The zero-order valence-corrected chi connectivity index (χ0v) is 17.4. The number of nitrogens with one attached hydrogen (secondary N) is 1. The minimum absolute atomic E-state index is 0.233. The molecule has 1 aromatic carbocycles. The summed E-state index contributed by atoms with van der Waals surface area (Å²) < 4.78 is 22.7. The van der Waals surface area contributed by atoms with Crippen molar-refractivity contribution >= 4 is 51.3 Å². The van der Waals surface area contributed by atoms with Gasteiger partial charge in [0.1, 0.15) is 15.7 Å². The highest BCUT2D eigenvalue weighted by molar-refractivity contribution is 8.26. The van der Waals surface area contributed by atoms with Crippen LogP contribution in [0.4, 0.5) is 0 Å². The van der Waals surface area contributed by atoms with Gasteiger partial charge in [-0.25, -0.2) is 0 Å². The molecule has 0 aliphatic carbocycles. The highest BCUT2D eigenvalue weighted by atomic mass is 32.2. The van der Waals surface area contributed by atoms with E-state index in [1.54, 1.807) is 39.8 Å². The number of amides is 1. The van der Waals surface area contributed by atoms with Crippen molar-refractivity contribution in [2.75, 3.05) is 21.3 Å². The maximum atomic E-state index is 11.9. The number of hydrogen-bond donors (Lipinski definition) is 1. The molecule has 0 radical (unpaired) electrons. The molecule has 0 bridgehead atoms. The van der Waals surface area contributed by atoms with Crippen LogP contribution in [0.5, 0.6) is 17.2 Å². The predicted octanol–water partition coefficient (Wildman–Crippen LogP) is 4.01. The summed E-state index contributed by atoms with van der Waals surface area (Å²) in [4.78, 5) is 16.7. The number of carbonyl (C=O) groups excluding carboxylic acids is 1. The van der Waals surface area contributed by atoms with Crippen molar-refractivity contribution < 1.29 is 23.4 Å². The average Bonchev–Trinajstić information content (AvgIpc) is 3.28. The second-order valence-electron chi connectivity index (χ2n) is 6.02. The Morgan fingerprint density at radius 2 is 1.83 bits per heavy atom. The molecular formula is C20H16N2O5S2. The molecule has 1 amide bonds. The van der Waals surface area contributed by atoms with Gasteiger partial charge in [-0.05, 0) is 23.8 Å². The van der Waals surface area contributed by atoms with E-state index in [1.165, 1.54) is 11.8 Å². The van der Waals surface area contributed by atoms with Crippen LogP contribution in [-0.4, -0.2) is 36.5 Å². The lowest BCUT2D eigenvalue weighted by molar-refractivity contribution is -0.115. The molecule has 3 heterocycles. The van der Waals surface area contributed by atoms with Crippen LogP contribution in [0.25, 0.3) is 28.2 Å². The number of hydrogen-bond acceptors (Lipinski definition) is 8. The Bertz CT molecular complexity index is 1140.